The standard InChI is InChI=1S/C15H17NO3/c1-10-8-14(18-3)11(2)7-13(10)15(17)16-9-12-5-4-6-19-12/h4-8H,9H2,1-3H3,(H,16,17). The number of carbonyl (C=O) groups is 1. The number of rotatable bonds is 4. The van der Waals surface area contributed by atoms with Crippen LogP contribution in [0.25, 0.3) is 0 Å². The van der Waals surface area contributed by atoms with Gasteiger partial charge in [0.15, 0.2) is 0 Å². The maximum absolute atomic E-state index is 12.1. The number of ether oxygens (including phenoxy) is 1. The molecule has 0 unspecified atom stereocenters. The van der Waals surface area contributed by atoms with Crippen LogP contribution in [0.15, 0.2) is 34.9 Å². The van der Waals surface area contributed by atoms with Crippen molar-refractivity contribution in [1.29, 1.82) is 0 Å². The lowest BCUT2D eigenvalue weighted by Gasteiger charge is -2.11. The third kappa shape index (κ3) is 2.96. The molecule has 2 rings (SSSR count). The zero-order chi connectivity index (χ0) is 13.8. The summed E-state index contributed by atoms with van der Waals surface area (Å²) in [5, 5.41) is 2.83. The number of nitrogens with one attached hydrogen (secondary N) is 1. The fourth-order valence-electron chi connectivity index (χ4n) is 1.93. The summed E-state index contributed by atoms with van der Waals surface area (Å²) in [4.78, 5) is 12.1. The molecule has 1 heterocycles. The maximum Gasteiger partial charge on any atom is 0.251 e. The molecular formula is C15H17NO3. The largest absolute Gasteiger partial charge is 0.496 e. The minimum atomic E-state index is -0.111. The normalized spacial score (nSPS) is 10.3. The molecule has 0 saturated carbocycles. The van der Waals surface area contributed by atoms with Gasteiger partial charge in [-0.1, -0.05) is 0 Å². The van der Waals surface area contributed by atoms with E-state index in [1.165, 1.54) is 0 Å². The van der Waals surface area contributed by atoms with Crippen molar-refractivity contribution < 1.29 is 13.9 Å². The van der Waals surface area contributed by atoms with Gasteiger partial charge in [-0.3, -0.25) is 4.79 Å². The molecule has 1 N–H and O–H groups in total. The van der Waals surface area contributed by atoms with E-state index in [0.717, 1.165) is 22.6 Å². The van der Waals surface area contributed by atoms with Gasteiger partial charge in [0.25, 0.3) is 5.91 Å². The van der Waals surface area contributed by atoms with Crippen LogP contribution in [0.4, 0.5) is 0 Å². The number of benzene rings is 1. The summed E-state index contributed by atoms with van der Waals surface area (Å²) < 4.78 is 10.4. The van der Waals surface area contributed by atoms with E-state index in [-0.39, 0.29) is 5.91 Å². The lowest BCUT2D eigenvalue weighted by molar-refractivity contribution is 0.0947. The van der Waals surface area contributed by atoms with Gasteiger partial charge in [-0.05, 0) is 49.2 Å². The molecule has 19 heavy (non-hydrogen) atoms. The van der Waals surface area contributed by atoms with Crippen LogP contribution in [0.5, 0.6) is 5.75 Å². The second kappa shape index (κ2) is 5.61. The third-order valence-electron chi connectivity index (χ3n) is 2.99. The number of furan rings is 1. The van der Waals surface area contributed by atoms with Crippen LogP contribution in [0.3, 0.4) is 0 Å². The first-order valence-corrected chi connectivity index (χ1v) is 6.07. The van der Waals surface area contributed by atoms with Crippen molar-refractivity contribution in [3.8, 4) is 5.75 Å². The molecular weight excluding hydrogens is 242 g/mol. The van der Waals surface area contributed by atoms with Crippen molar-refractivity contribution in [2.24, 2.45) is 0 Å². The molecule has 0 radical (unpaired) electrons. The summed E-state index contributed by atoms with van der Waals surface area (Å²) in [5.74, 6) is 1.41. The van der Waals surface area contributed by atoms with Gasteiger partial charge < -0.3 is 14.5 Å². The Morgan fingerprint density at radius 3 is 2.74 bits per heavy atom. The molecule has 100 valence electrons. The van der Waals surface area contributed by atoms with Gasteiger partial charge in [-0.15, -0.1) is 0 Å². The Balaban J connectivity index is 2.12. The fourth-order valence-corrected chi connectivity index (χ4v) is 1.93. The number of hydrogen-bond acceptors (Lipinski definition) is 3. The highest BCUT2D eigenvalue weighted by Gasteiger charge is 2.12. The molecule has 4 nitrogen and oxygen atoms in total. The molecule has 4 heteroatoms. The molecule has 1 amide bonds. The van der Waals surface area contributed by atoms with E-state index in [1.54, 1.807) is 19.4 Å². The van der Waals surface area contributed by atoms with Crippen molar-refractivity contribution in [3.63, 3.8) is 0 Å². The predicted octanol–water partition coefficient (Wildman–Crippen LogP) is 2.84. The summed E-state index contributed by atoms with van der Waals surface area (Å²) in [6.07, 6.45) is 1.59. The van der Waals surface area contributed by atoms with E-state index >= 15 is 0 Å². The summed E-state index contributed by atoms with van der Waals surface area (Å²) in [6, 6.07) is 7.33. The lowest BCUT2D eigenvalue weighted by atomic mass is 10.0. The number of aryl methyl sites for hydroxylation is 2. The molecule has 1 aromatic carbocycles. The van der Waals surface area contributed by atoms with Crippen LogP contribution in [0.2, 0.25) is 0 Å². The van der Waals surface area contributed by atoms with Gasteiger partial charge in [-0.25, -0.2) is 0 Å². The summed E-state index contributed by atoms with van der Waals surface area (Å²) in [6.45, 7) is 4.20. The third-order valence-corrected chi connectivity index (χ3v) is 2.99. The molecule has 2 aromatic rings. The first kappa shape index (κ1) is 13.2. The summed E-state index contributed by atoms with van der Waals surface area (Å²) in [7, 11) is 1.62. The Morgan fingerprint density at radius 1 is 1.32 bits per heavy atom. The van der Waals surface area contributed by atoms with Crippen molar-refractivity contribution in [2.45, 2.75) is 20.4 Å². The maximum atomic E-state index is 12.1. The lowest BCUT2D eigenvalue weighted by Crippen LogP contribution is -2.23. The highest BCUT2D eigenvalue weighted by Crippen LogP contribution is 2.22. The molecule has 0 fully saturated rings. The van der Waals surface area contributed by atoms with Crippen LogP contribution in [0.1, 0.15) is 27.2 Å². The number of methoxy groups -OCH3 is 1. The molecule has 0 atom stereocenters. The van der Waals surface area contributed by atoms with E-state index in [1.807, 2.05) is 32.0 Å². The molecule has 0 spiro atoms. The first-order valence-electron chi connectivity index (χ1n) is 6.07. The summed E-state index contributed by atoms with van der Waals surface area (Å²) in [5.41, 5.74) is 2.49. The Kier molecular flexibility index (Phi) is 3.90. The van der Waals surface area contributed by atoms with Crippen molar-refractivity contribution in [3.05, 3.63) is 53.0 Å². The van der Waals surface area contributed by atoms with Gasteiger partial charge in [0, 0.05) is 5.56 Å². The first-order chi connectivity index (χ1) is 9.11. The van der Waals surface area contributed by atoms with Crippen molar-refractivity contribution >= 4 is 5.91 Å². The van der Waals surface area contributed by atoms with E-state index in [4.69, 9.17) is 9.15 Å². The van der Waals surface area contributed by atoms with Crippen LogP contribution in [-0.2, 0) is 6.54 Å². The molecule has 0 aliphatic carbocycles. The van der Waals surface area contributed by atoms with Gasteiger partial charge in [0.05, 0.1) is 19.9 Å². The topological polar surface area (TPSA) is 51.5 Å². The Morgan fingerprint density at radius 2 is 2.11 bits per heavy atom. The molecule has 0 saturated heterocycles. The predicted molar refractivity (Wildman–Crippen MR) is 72.3 cm³/mol. The monoisotopic (exact) mass is 259 g/mol. The zero-order valence-electron chi connectivity index (χ0n) is 11.3. The zero-order valence-corrected chi connectivity index (χ0v) is 11.3. The molecule has 0 aliphatic rings. The van der Waals surface area contributed by atoms with Crippen LogP contribution >= 0.6 is 0 Å². The minimum absolute atomic E-state index is 0.111. The molecule has 1 aromatic heterocycles. The Labute approximate surface area is 112 Å². The molecule has 0 bridgehead atoms. The van der Waals surface area contributed by atoms with Gasteiger partial charge in [0.2, 0.25) is 0 Å². The Bertz CT molecular complexity index is 573. The van der Waals surface area contributed by atoms with Crippen molar-refractivity contribution in [2.75, 3.05) is 7.11 Å². The van der Waals surface area contributed by atoms with E-state index in [9.17, 15) is 4.79 Å². The van der Waals surface area contributed by atoms with Crippen LogP contribution in [0, 0.1) is 13.8 Å². The average Bonchev–Trinajstić information content (AvgIpc) is 2.91. The van der Waals surface area contributed by atoms with E-state index < -0.39 is 0 Å². The Hall–Kier alpha value is -2.23. The second-order valence-electron chi connectivity index (χ2n) is 4.40. The minimum Gasteiger partial charge on any atom is -0.496 e. The smallest absolute Gasteiger partial charge is 0.251 e. The highest BCUT2D eigenvalue weighted by molar-refractivity contribution is 5.96. The summed E-state index contributed by atoms with van der Waals surface area (Å²) >= 11 is 0. The van der Waals surface area contributed by atoms with Gasteiger partial charge in [0.1, 0.15) is 11.5 Å². The number of amides is 1. The van der Waals surface area contributed by atoms with E-state index in [2.05, 4.69) is 5.32 Å². The SMILES string of the molecule is COc1cc(C)c(C(=O)NCc2ccco2)cc1C. The van der Waals surface area contributed by atoms with Crippen LogP contribution in [-0.4, -0.2) is 13.0 Å². The van der Waals surface area contributed by atoms with Gasteiger partial charge >= 0.3 is 0 Å². The van der Waals surface area contributed by atoms with Gasteiger partial charge in [-0.2, -0.15) is 0 Å². The second-order valence-corrected chi connectivity index (χ2v) is 4.40. The van der Waals surface area contributed by atoms with E-state index in [0.29, 0.717) is 12.1 Å². The van der Waals surface area contributed by atoms with Crippen molar-refractivity contribution in [1.82, 2.24) is 5.32 Å². The average molecular weight is 259 g/mol. The highest BCUT2D eigenvalue weighted by atomic mass is 16.5. The van der Waals surface area contributed by atoms with Crippen LogP contribution < -0.4 is 10.1 Å². The number of hydrogen-bond donors (Lipinski definition) is 1. The molecule has 0 aliphatic heterocycles. The quantitative estimate of drug-likeness (QED) is 0.918. The fraction of sp³-hybridized carbons (Fsp3) is 0.267. The number of carbonyl (C=O) groups excluding carboxylic acids is 1.